The molecule has 0 saturated carbocycles. The molecular formula is C17H21NO2. The molecule has 0 fully saturated rings. The number of hydrogen-bond donors (Lipinski definition) is 0. The monoisotopic (exact) mass is 271 g/mol. The van der Waals surface area contributed by atoms with E-state index in [1.165, 1.54) is 0 Å². The molecule has 0 aliphatic carbocycles. The molecular weight excluding hydrogens is 250 g/mol. The average molecular weight is 271 g/mol. The van der Waals surface area contributed by atoms with Gasteiger partial charge >= 0.3 is 0 Å². The summed E-state index contributed by atoms with van der Waals surface area (Å²) in [7, 11) is 0. The van der Waals surface area contributed by atoms with Crippen molar-refractivity contribution in [1.29, 1.82) is 0 Å². The first-order chi connectivity index (χ1) is 9.47. The molecule has 1 aromatic rings. The SMILES string of the molecule is CC(C)N(C(=O)C12C=CC(O1)c1ccccc12)C(C)C. The predicted octanol–water partition coefficient (Wildman–Crippen LogP) is 3.17. The number of carbonyl (C=O) groups excluding carboxylic acids is 1. The first-order valence-corrected chi connectivity index (χ1v) is 7.26. The van der Waals surface area contributed by atoms with Crippen LogP contribution in [0.5, 0.6) is 0 Å². The van der Waals surface area contributed by atoms with Gasteiger partial charge in [-0.1, -0.05) is 30.3 Å². The molecule has 0 spiro atoms. The summed E-state index contributed by atoms with van der Waals surface area (Å²) in [4.78, 5) is 15.0. The molecule has 20 heavy (non-hydrogen) atoms. The van der Waals surface area contributed by atoms with E-state index >= 15 is 0 Å². The molecule has 2 aliphatic rings. The lowest BCUT2D eigenvalue weighted by molar-refractivity contribution is -0.155. The fourth-order valence-corrected chi connectivity index (χ4v) is 3.40. The summed E-state index contributed by atoms with van der Waals surface area (Å²) >= 11 is 0. The van der Waals surface area contributed by atoms with E-state index in [9.17, 15) is 4.79 Å². The molecule has 2 unspecified atom stereocenters. The molecule has 0 saturated heterocycles. The van der Waals surface area contributed by atoms with Crippen molar-refractivity contribution in [2.24, 2.45) is 0 Å². The Kier molecular flexibility index (Phi) is 2.98. The third-order valence-corrected chi connectivity index (χ3v) is 4.15. The van der Waals surface area contributed by atoms with Gasteiger partial charge in [-0.3, -0.25) is 4.79 Å². The lowest BCUT2D eigenvalue weighted by Crippen LogP contribution is -2.51. The summed E-state index contributed by atoms with van der Waals surface area (Å²) in [6.07, 6.45) is 3.86. The molecule has 0 aromatic heterocycles. The van der Waals surface area contributed by atoms with Crippen LogP contribution in [-0.4, -0.2) is 22.9 Å². The van der Waals surface area contributed by atoms with Crippen LogP contribution in [0.4, 0.5) is 0 Å². The Balaban J connectivity index is 2.06. The zero-order chi connectivity index (χ0) is 14.5. The summed E-state index contributed by atoms with van der Waals surface area (Å²) in [6.45, 7) is 8.19. The van der Waals surface area contributed by atoms with Gasteiger partial charge in [-0.25, -0.2) is 0 Å². The lowest BCUT2D eigenvalue weighted by atomic mass is 9.85. The number of carbonyl (C=O) groups is 1. The van der Waals surface area contributed by atoms with Crippen LogP contribution in [0.15, 0.2) is 36.4 Å². The molecule has 2 atom stereocenters. The smallest absolute Gasteiger partial charge is 0.264 e. The van der Waals surface area contributed by atoms with Crippen LogP contribution in [0.1, 0.15) is 44.9 Å². The van der Waals surface area contributed by atoms with Crippen LogP contribution < -0.4 is 0 Å². The third-order valence-electron chi connectivity index (χ3n) is 4.15. The third kappa shape index (κ3) is 1.66. The highest BCUT2D eigenvalue weighted by Gasteiger charge is 2.54. The van der Waals surface area contributed by atoms with Crippen molar-refractivity contribution < 1.29 is 9.53 Å². The van der Waals surface area contributed by atoms with Gasteiger partial charge in [0.05, 0.1) is 0 Å². The van der Waals surface area contributed by atoms with Crippen molar-refractivity contribution in [2.45, 2.75) is 51.5 Å². The topological polar surface area (TPSA) is 29.5 Å². The number of benzene rings is 1. The van der Waals surface area contributed by atoms with Crippen molar-refractivity contribution in [3.8, 4) is 0 Å². The number of hydrogen-bond acceptors (Lipinski definition) is 2. The zero-order valence-electron chi connectivity index (χ0n) is 12.5. The molecule has 106 valence electrons. The van der Waals surface area contributed by atoms with E-state index in [1.807, 2.05) is 69.0 Å². The van der Waals surface area contributed by atoms with Crippen LogP contribution >= 0.6 is 0 Å². The molecule has 0 radical (unpaired) electrons. The first-order valence-electron chi connectivity index (χ1n) is 7.26. The van der Waals surface area contributed by atoms with Crippen LogP contribution in [0.3, 0.4) is 0 Å². The minimum atomic E-state index is -0.907. The Hall–Kier alpha value is -1.61. The molecule has 2 heterocycles. The molecule has 1 aromatic carbocycles. The number of rotatable bonds is 3. The standard InChI is InChI=1S/C17H21NO2/c1-11(2)18(12(3)4)16(19)17-10-9-15(20-17)13-7-5-6-8-14(13)17/h5-12,15H,1-4H3. The van der Waals surface area contributed by atoms with Gasteiger partial charge in [0.1, 0.15) is 6.10 Å². The Labute approximate surface area is 120 Å². The quantitative estimate of drug-likeness (QED) is 0.790. The Morgan fingerprint density at radius 2 is 1.85 bits per heavy atom. The van der Waals surface area contributed by atoms with Gasteiger partial charge in [-0.2, -0.15) is 0 Å². The highest BCUT2D eigenvalue weighted by molar-refractivity contribution is 5.91. The lowest BCUT2D eigenvalue weighted by Gasteiger charge is -2.37. The Morgan fingerprint density at radius 1 is 1.20 bits per heavy atom. The maximum atomic E-state index is 13.1. The summed E-state index contributed by atoms with van der Waals surface area (Å²) in [6, 6.07) is 8.34. The Bertz CT molecular complexity index is 568. The van der Waals surface area contributed by atoms with Crippen molar-refractivity contribution in [1.82, 2.24) is 4.90 Å². The van der Waals surface area contributed by atoms with Crippen molar-refractivity contribution in [3.05, 3.63) is 47.5 Å². The fraction of sp³-hybridized carbons (Fsp3) is 0.471. The van der Waals surface area contributed by atoms with Crippen molar-refractivity contribution in [2.75, 3.05) is 0 Å². The first kappa shape index (κ1) is 13.4. The van der Waals surface area contributed by atoms with Gasteiger partial charge in [0.2, 0.25) is 0 Å². The van der Waals surface area contributed by atoms with E-state index in [0.717, 1.165) is 11.1 Å². The van der Waals surface area contributed by atoms with Gasteiger partial charge in [0, 0.05) is 17.6 Å². The maximum absolute atomic E-state index is 13.1. The normalized spacial score (nSPS) is 26.4. The van der Waals surface area contributed by atoms with Crippen LogP contribution in [0, 0.1) is 0 Å². The predicted molar refractivity (Wildman–Crippen MR) is 78.2 cm³/mol. The highest BCUT2D eigenvalue weighted by atomic mass is 16.5. The zero-order valence-corrected chi connectivity index (χ0v) is 12.5. The van der Waals surface area contributed by atoms with E-state index in [1.54, 1.807) is 0 Å². The van der Waals surface area contributed by atoms with Gasteiger partial charge in [-0.05, 0) is 39.3 Å². The summed E-state index contributed by atoms with van der Waals surface area (Å²) < 4.78 is 6.07. The largest absolute Gasteiger partial charge is 0.344 e. The Morgan fingerprint density at radius 3 is 2.50 bits per heavy atom. The van der Waals surface area contributed by atoms with Crippen LogP contribution in [-0.2, 0) is 15.1 Å². The second kappa shape index (κ2) is 4.45. The molecule has 3 nitrogen and oxygen atoms in total. The second-order valence-electron chi connectivity index (χ2n) is 6.12. The highest BCUT2D eigenvalue weighted by Crippen LogP contribution is 2.51. The molecule has 2 aliphatic heterocycles. The molecule has 3 rings (SSSR count). The van der Waals surface area contributed by atoms with Gasteiger partial charge in [0.25, 0.3) is 5.91 Å². The summed E-state index contributed by atoms with van der Waals surface area (Å²) in [5, 5.41) is 0. The van der Waals surface area contributed by atoms with E-state index in [0.29, 0.717) is 0 Å². The number of fused-ring (bicyclic) bond motifs is 5. The molecule has 3 heteroatoms. The van der Waals surface area contributed by atoms with Crippen molar-refractivity contribution >= 4 is 5.91 Å². The number of amides is 1. The minimum absolute atomic E-state index is 0.0474. The molecule has 2 bridgehead atoms. The second-order valence-corrected chi connectivity index (χ2v) is 6.12. The number of nitrogens with zero attached hydrogens (tertiary/aromatic N) is 1. The van der Waals surface area contributed by atoms with Crippen LogP contribution in [0.2, 0.25) is 0 Å². The molecule has 1 amide bonds. The minimum Gasteiger partial charge on any atom is -0.344 e. The van der Waals surface area contributed by atoms with Crippen LogP contribution in [0.25, 0.3) is 0 Å². The van der Waals surface area contributed by atoms with E-state index in [-0.39, 0.29) is 24.1 Å². The van der Waals surface area contributed by atoms with Gasteiger partial charge in [-0.15, -0.1) is 0 Å². The summed E-state index contributed by atoms with van der Waals surface area (Å²) in [5.74, 6) is 0.0474. The van der Waals surface area contributed by atoms with E-state index < -0.39 is 5.60 Å². The maximum Gasteiger partial charge on any atom is 0.264 e. The van der Waals surface area contributed by atoms with Crippen molar-refractivity contribution in [3.63, 3.8) is 0 Å². The number of ether oxygens (including phenoxy) is 1. The van der Waals surface area contributed by atoms with Gasteiger partial charge < -0.3 is 9.64 Å². The van der Waals surface area contributed by atoms with E-state index in [4.69, 9.17) is 4.74 Å². The fourth-order valence-electron chi connectivity index (χ4n) is 3.40. The van der Waals surface area contributed by atoms with E-state index in [2.05, 4.69) is 0 Å². The average Bonchev–Trinajstić information content (AvgIpc) is 2.96. The van der Waals surface area contributed by atoms with Gasteiger partial charge in [0.15, 0.2) is 5.60 Å². The summed E-state index contributed by atoms with van der Waals surface area (Å²) in [5.41, 5.74) is 1.22. The molecule has 0 N–H and O–H groups in total.